The van der Waals surface area contributed by atoms with Gasteiger partial charge in [-0.15, -0.1) is 0 Å². The summed E-state index contributed by atoms with van der Waals surface area (Å²) < 4.78 is 25.3. The van der Waals surface area contributed by atoms with Crippen LogP contribution in [0.1, 0.15) is 26.3 Å². The fourth-order valence-electron chi connectivity index (χ4n) is 2.08. The van der Waals surface area contributed by atoms with Crippen molar-refractivity contribution in [2.45, 2.75) is 32.9 Å². The van der Waals surface area contributed by atoms with Gasteiger partial charge in [-0.1, -0.05) is 33.6 Å². The monoisotopic (exact) mass is 443 g/mol. The second-order valence-corrected chi connectivity index (χ2v) is 8.09. The van der Waals surface area contributed by atoms with Gasteiger partial charge in [0.1, 0.15) is 22.9 Å². The number of carbonyl (C=O) groups is 1. The molecule has 0 unspecified atom stereocenters. The summed E-state index contributed by atoms with van der Waals surface area (Å²) >= 11 is 9.20. The van der Waals surface area contributed by atoms with Gasteiger partial charge in [0.2, 0.25) is 0 Å². The van der Waals surface area contributed by atoms with Crippen molar-refractivity contribution < 1.29 is 18.7 Å². The average Bonchev–Trinajstić information content (AvgIpc) is 2.52. The van der Waals surface area contributed by atoms with Crippen molar-refractivity contribution in [2.24, 2.45) is 0 Å². The standard InChI is InChI=1S/C19H20BrClFNO3/c1-19(2,3)26-18(24)23(4)11-12-5-6-13(20)9-17(12)25-14-7-8-16(22)15(21)10-14/h5-10H,11H2,1-4H3. The Morgan fingerprint density at radius 2 is 1.92 bits per heavy atom. The first-order valence-corrected chi connectivity index (χ1v) is 9.08. The van der Waals surface area contributed by atoms with Gasteiger partial charge >= 0.3 is 6.09 Å². The molecule has 0 heterocycles. The highest BCUT2D eigenvalue weighted by atomic mass is 79.9. The van der Waals surface area contributed by atoms with Gasteiger partial charge in [0, 0.05) is 23.2 Å². The zero-order chi connectivity index (χ0) is 19.5. The normalized spacial score (nSPS) is 11.2. The summed E-state index contributed by atoms with van der Waals surface area (Å²) in [6.45, 7) is 5.72. The molecule has 0 saturated carbocycles. The topological polar surface area (TPSA) is 38.8 Å². The molecular formula is C19H20BrClFNO3. The van der Waals surface area contributed by atoms with Crippen LogP contribution in [0.5, 0.6) is 11.5 Å². The first-order chi connectivity index (χ1) is 12.0. The zero-order valence-electron chi connectivity index (χ0n) is 15.0. The van der Waals surface area contributed by atoms with E-state index in [0.29, 0.717) is 11.5 Å². The predicted octanol–water partition coefficient (Wildman–Crippen LogP) is 6.40. The Bertz CT molecular complexity index is 808. The lowest BCUT2D eigenvalue weighted by Crippen LogP contribution is -2.33. The van der Waals surface area contributed by atoms with Crippen molar-refractivity contribution in [1.29, 1.82) is 0 Å². The minimum absolute atomic E-state index is 0.0232. The summed E-state index contributed by atoms with van der Waals surface area (Å²) in [7, 11) is 1.65. The lowest BCUT2D eigenvalue weighted by atomic mass is 10.2. The van der Waals surface area contributed by atoms with Crippen LogP contribution >= 0.6 is 27.5 Å². The van der Waals surface area contributed by atoms with E-state index in [0.717, 1.165) is 10.0 Å². The van der Waals surface area contributed by atoms with Crippen LogP contribution in [0.4, 0.5) is 9.18 Å². The molecule has 0 atom stereocenters. The smallest absolute Gasteiger partial charge is 0.410 e. The third kappa shape index (κ3) is 5.88. The molecule has 0 bridgehead atoms. The molecule has 0 aliphatic carbocycles. The fraction of sp³-hybridized carbons (Fsp3) is 0.316. The van der Waals surface area contributed by atoms with Gasteiger partial charge in [-0.25, -0.2) is 9.18 Å². The highest BCUT2D eigenvalue weighted by Gasteiger charge is 2.20. The van der Waals surface area contributed by atoms with Crippen molar-refractivity contribution in [2.75, 3.05) is 7.05 Å². The molecule has 140 valence electrons. The first kappa shape index (κ1) is 20.5. The van der Waals surface area contributed by atoms with Crippen LogP contribution in [-0.4, -0.2) is 23.6 Å². The Morgan fingerprint density at radius 1 is 1.23 bits per heavy atom. The van der Waals surface area contributed by atoms with Gasteiger partial charge in [0.25, 0.3) is 0 Å². The summed E-state index contributed by atoms with van der Waals surface area (Å²) in [6, 6.07) is 9.59. The Hall–Kier alpha value is -1.79. The van der Waals surface area contributed by atoms with Gasteiger partial charge in [0.15, 0.2) is 0 Å². The number of hydrogen-bond donors (Lipinski definition) is 0. The minimum Gasteiger partial charge on any atom is -0.457 e. The second-order valence-electron chi connectivity index (χ2n) is 6.77. The molecule has 0 fully saturated rings. The van der Waals surface area contributed by atoms with E-state index in [4.69, 9.17) is 21.1 Å². The fourth-order valence-corrected chi connectivity index (χ4v) is 2.59. The van der Waals surface area contributed by atoms with E-state index in [2.05, 4.69) is 15.9 Å². The van der Waals surface area contributed by atoms with Gasteiger partial charge in [-0.05, 0) is 45.0 Å². The van der Waals surface area contributed by atoms with Crippen LogP contribution in [0.3, 0.4) is 0 Å². The SMILES string of the molecule is CN(Cc1ccc(Br)cc1Oc1ccc(F)c(Cl)c1)C(=O)OC(C)(C)C. The number of nitrogens with zero attached hydrogens (tertiary/aromatic N) is 1. The molecule has 1 amide bonds. The highest BCUT2D eigenvalue weighted by molar-refractivity contribution is 9.10. The van der Waals surface area contributed by atoms with Gasteiger partial charge in [-0.2, -0.15) is 0 Å². The Kier molecular flexibility index (Phi) is 6.53. The van der Waals surface area contributed by atoms with E-state index in [-0.39, 0.29) is 11.6 Å². The quantitative estimate of drug-likeness (QED) is 0.547. The van der Waals surface area contributed by atoms with E-state index >= 15 is 0 Å². The van der Waals surface area contributed by atoms with Crippen molar-refractivity contribution in [1.82, 2.24) is 4.90 Å². The Morgan fingerprint density at radius 3 is 2.54 bits per heavy atom. The molecule has 0 saturated heterocycles. The number of carbonyl (C=O) groups excluding carboxylic acids is 1. The number of hydrogen-bond acceptors (Lipinski definition) is 3. The van der Waals surface area contributed by atoms with E-state index in [1.807, 2.05) is 32.9 Å². The predicted molar refractivity (Wildman–Crippen MR) is 103 cm³/mol. The van der Waals surface area contributed by atoms with E-state index in [1.165, 1.54) is 23.1 Å². The molecule has 26 heavy (non-hydrogen) atoms. The molecule has 2 aromatic carbocycles. The summed E-state index contributed by atoms with van der Waals surface area (Å²) in [4.78, 5) is 13.6. The van der Waals surface area contributed by atoms with Crippen LogP contribution in [-0.2, 0) is 11.3 Å². The number of halogens is 3. The van der Waals surface area contributed by atoms with Crippen LogP contribution in [0, 0.1) is 5.82 Å². The molecule has 0 aromatic heterocycles. The maximum Gasteiger partial charge on any atom is 0.410 e. The van der Waals surface area contributed by atoms with Crippen LogP contribution < -0.4 is 4.74 Å². The van der Waals surface area contributed by atoms with Crippen molar-refractivity contribution >= 4 is 33.6 Å². The Balaban J connectivity index is 2.21. The molecule has 2 aromatic rings. The van der Waals surface area contributed by atoms with E-state index < -0.39 is 17.5 Å². The summed E-state index contributed by atoms with van der Waals surface area (Å²) in [5.74, 6) is 0.409. The Labute approximate surface area is 166 Å². The summed E-state index contributed by atoms with van der Waals surface area (Å²) in [5, 5.41) is -0.0232. The first-order valence-electron chi connectivity index (χ1n) is 7.90. The van der Waals surface area contributed by atoms with Crippen LogP contribution in [0.2, 0.25) is 5.02 Å². The van der Waals surface area contributed by atoms with Crippen LogP contribution in [0.15, 0.2) is 40.9 Å². The molecule has 0 spiro atoms. The lowest BCUT2D eigenvalue weighted by molar-refractivity contribution is 0.0284. The molecule has 0 radical (unpaired) electrons. The zero-order valence-corrected chi connectivity index (χ0v) is 17.3. The minimum atomic E-state index is -0.574. The van der Waals surface area contributed by atoms with Crippen LogP contribution in [0.25, 0.3) is 0 Å². The highest BCUT2D eigenvalue weighted by Crippen LogP contribution is 2.31. The third-order valence-corrected chi connectivity index (χ3v) is 4.04. The van der Waals surface area contributed by atoms with Crippen molar-refractivity contribution in [3.8, 4) is 11.5 Å². The molecule has 0 aliphatic heterocycles. The molecular weight excluding hydrogens is 425 g/mol. The molecule has 2 rings (SSSR count). The average molecular weight is 445 g/mol. The number of ether oxygens (including phenoxy) is 2. The number of amides is 1. The maximum atomic E-state index is 13.3. The molecule has 7 heteroatoms. The molecule has 4 nitrogen and oxygen atoms in total. The molecule has 0 aliphatic rings. The van der Waals surface area contributed by atoms with E-state index in [1.54, 1.807) is 13.1 Å². The second kappa shape index (κ2) is 8.27. The largest absolute Gasteiger partial charge is 0.457 e. The molecule has 0 N–H and O–H groups in total. The van der Waals surface area contributed by atoms with Crippen molar-refractivity contribution in [3.05, 3.63) is 57.3 Å². The number of rotatable bonds is 4. The lowest BCUT2D eigenvalue weighted by Gasteiger charge is -2.25. The summed E-state index contributed by atoms with van der Waals surface area (Å²) in [6.07, 6.45) is -0.434. The number of benzene rings is 2. The van der Waals surface area contributed by atoms with Crippen molar-refractivity contribution in [3.63, 3.8) is 0 Å². The summed E-state index contributed by atoms with van der Waals surface area (Å²) in [5.41, 5.74) is 0.192. The maximum absolute atomic E-state index is 13.3. The van der Waals surface area contributed by atoms with Gasteiger partial charge < -0.3 is 14.4 Å². The van der Waals surface area contributed by atoms with Gasteiger partial charge in [-0.3, -0.25) is 0 Å². The third-order valence-electron chi connectivity index (χ3n) is 3.26. The van der Waals surface area contributed by atoms with Gasteiger partial charge in [0.05, 0.1) is 11.6 Å². The van der Waals surface area contributed by atoms with E-state index in [9.17, 15) is 9.18 Å².